The van der Waals surface area contributed by atoms with Gasteiger partial charge < -0.3 is 5.21 Å². The van der Waals surface area contributed by atoms with E-state index >= 15 is 0 Å². The van der Waals surface area contributed by atoms with Crippen LogP contribution in [0.4, 0.5) is 0 Å². The van der Waals surface area contributed by atoms with Crippen LogP contribution in [0.15, 0.2) is 53.9 Å². The van der Waals surface area contributed by atoms with Gasteiger partial charge in [0, 0.05) is 30.1 Å². The molecule has 3 aromatic rings. The molecule has 0 aliphatic carbocycles. The molecule has 0 spiro atoms. The van der Waals surface area contributed by atoms with E-state index in [1.54, 1.807) is 24.5 Å². The van der Waals surface area contributed by atoms with Crippen LogP contribution in [0, 0.1) is 5.21 Å². The fourth-order valence-electron chi connectivity index (χ4n) is 1.66. The predicted molar refractivity (Wildman–Crippen MR) is 74.6 cm³/mol. The van der Waals surface area contributed by atoms with Crippen molar-refractivity contribution in [1.82, 2.24) is 20.2 Å². The lowest BCUT2D eigenvalue weighted by atomic mass is 10.3. The minimum Gasteiger partial charge on any atom is -0.618 e. The summed E-state index contributed by atoms with van der Waals surface area (Å²) in [4.78, 5) is 8.35. The fourth-order valence-corrected chi connectivity index (χ4v) is 2.43. The zero-order valence-corrected chi connectivity index (χ0v) is 11.2. The van der Waals surface area contributed by atoms with Gasteiger partial charge in [0.2, 0.25) is 0 Å². The Morgan fingerprint density at radius 3 is 2.85 bits per heavy atom. The van der Waals surface area contributed by atoms with Crippen molar-refractivity contribution in [3.8, 4) is 11.4 Å². The van der Waals surface area contributed by atoms with Crippen molar-refractivity contribution < 1.29 is 4.73 Å². The Hall–Kier alpha value is -2.41. The van der Waals surface area contributed by atoms with Gasteiger partial charge in [0.05, 0.1) is 5.75 Å². The first-order valence-corrected chi connectivity index (χ1v) is 6.94. The second-order valence-corrected chi connectivity index (χ2v) is 4.99. The van der Waals surface area contributed by atoms with Crippen molar-refractivity contribution in [3.63, 3.8) is 0 Å². The number of nitrogens with one attached hydrogen (secondary N) is 1. The van der Waals surface area contributed by atoms with Crippen LogP contribution < -0.4 is 4.73 Å². The third-order valence-corrected chi connectivity index (χ3v) is 3.65. The average molecular weight is 285 g/mol. The van der Waals surface area contributed by atoms with Gasteiger partial charge >= 0.3 is 0 Å². The normalized spacial score (nSPS) is 10.6. The lowest BCUT2D eigenvalue weighted by Gasteiger charge is -2.01. The second kappa shape index (κ2) is 5.70. The molecule has 1 N–H and O–H groups in total. The van der Waals surface area contributed by atoms with Crippen molar-refractivity contribution in [2.75, 3.05) is 0 Å². The van der Waals surface area contributed by atoms with E-state index in [1.807, 2.05) is 18.2 Å². The van der Waals surface area contributed by atoms with Crippen molar-refractivity contribution in [2.24, 2.45) is 0 Å². The van der Waals surface area contributed by atoms with Gasteiger partial charge in [0.15, 0.2) is 12.0 Å². The van der Waals surface area contributed by atoms with Crippen LogP contribution in [0.25, 0.3) is 11.4 Å². The highest BCUT2D eigenvalue weighted by Gasteiger charge is 2.09. The molecule has 3 heterocycles. The maximum absolute atomic E-state index is 11.5. The SMILES string of the molecule is [O-][n+]1ccccc1SCc1nc(-c2ccncc2)n[nH]1. The van der Waals surface area contributed by atoms with Crippen LogP contribution in [-0.4, -0.2) is 20.2 Å². The Kier molecular flexibility index (Phi) is 3.60. The first-order valence-electron chi connectivity index (χ1n) is 5.95. The van der Waals surface area contributed by atoms with Gasteiger partial charge in [-0.2, -0.15) is 9.83 Å². The summed E-state index contributed by atoms with van der Waals surface area (Å²) < 4.78 is 0.838. The first kappa shape index (κ1) is 12.6. The van der Waals surface area contributed by atoms with Gasteiger partial charge in [-0.3, -0.25) is 10.1 Å². The number of hydrogen-bond acceptors (Lipinski definition) is 5. The lowest BCUT2D eigenvalue weighted by Crippen LogP contribution is -2.27. The Morgan fingerprint density at radius 1 is 1.20 bits per heavy atom. The molecule has 0 bridgehead atoms. The molecule has 3 rings (SSSR count). The van der Waals surface area contributed by atoms with E-state index < -0.39 is 0 Å². The molecule has 3 aromatic heterocycles. The molecule has 20 heavy (non-hydrogen) atoms. The molecule has 100 valence electrons. The highest BCUT2D eigenvalue weighted by atomic mass is 32.2. The summed E-state index contributed by atoms with van der Waals surface area (Å²) in [5.74, 6) is 1.92. The van der Waals surface area contributed by atoms with Crippen molar-refractivity contribution >= 4 is 11.8 Å². The molecule has 0 amide bonds. The number of pyridine rings is 2. The maximum Gasteiger partial charge on any atom is 0.251 e. The van der Waals surface area contributed by atoms with Gasteiger partial charge in [0.1, 0.15) is 5.82 Å². The Bertz CT molecular complexity index is 701. The summed E-state index contributed by atoms with van der Waals surface area (Å²) in [6.45, 7) is 0. The monoisotopic (exact) mass is 285 g/mol. The van der Waals surface area contributed by atoms with Crippen LogP contribution >= 0.6 is 11.8 Å². The van der Waals surface area contributed by atoms with Gasteiger partial charge in [-0.05, 0) is 30.0 Å². The van der Waals surface area contributed by atoms with Crippen LogP contribution in [-0.2, 0) is 5.75 Å². The van der Waals surface area contributed by atoms with Gasteiger partial charge in [-0.25, -0.2) is 4.98 Å². The number of H-pyrrole nitrogens is 1. The zero-order chi connectivity index (χ0) is 13.8. The molecular weight excluding hydrogens is 274 g/mol. The summed E-state index contributed by atoms with van der Waals surface area (Å²) in [7, 11) is 0. The molecule has 0 unspecified atom stereocenters. The highest BCUT2D eigenvalue weighted by molar-refractivity contribution is 7.98. The fraction of sp³-hybridized carbons (Fsp3) is 0.0769. The van der Waals surface area contributed by atoms with Crippen LogP contribution in [0.1, 0.15) is 5.82 Å². The number of rotatable bonds is 4. The third-order valence-electron chi connectivity index (χ3n) is 2.62. The standard InChI is InChI=1S/C13H11N5OS/c19-18-8-2-1-3-12(18)20-9-11-15-13(17-16-11)10-4-6-14-7-5-10/h1-8H,9H2,(H,15,16,17). The lowest BCUT2D eigenvalue weighted by molar-refractivity contribution is -0.645. The summed E-state index contributed by atoms with van der Waals surface area (Å²) in [6, 6.07) is 9.01. The number of thioether (sulfide) groups is 1. The van der Waals surface area contributed by atoms with Crippen LogP contribution in [0.5, 0.6) is 0 Å². The van der Waals surface area contributed by atoms with Crippen LogP contribution in [0.3, 0.4) is 0 Å². The Balaban J connectivity index is 1.71. The minimum atomic E-state index is 0.560. The minimum absolute atomic E-state index is 0.560. The molecule has 0 atom stereocenters. The molecule has 0 fully saturated rings. The molecule has 0 saturated carbocycles. The highest BCUT2D eigenvalue weighted by Crippen LogP contribution is 2.19. The molecule has 0 aliphatic heterocycles. The predicted octanol–water partition coefficient (Wildman–Crippen LogP) is 1.79. The largest absolute Gasteiger partial charge is 0.618 e. The molecule has 0 radical (unpaired) electrons. The smallest absolute Gasteiger partial charge is 0.251 e. The number of aromatic nitrogens is 5. The molecule has 7 heteroatoms. The van der Waals surface area contributed by atoms with E-state index in [1.165, 1.54) is 18.0 Å². The molecule has 0 saturated heterocycles. The van der Waals surface area contributed by atoms with Crippen molar-refractivity contribution in [2.45, 2.75) is 10.8 Å². The van der Waals surface area contributed by atoms with E-state index in [2.05, 4.69) is 20.2 Å². The summed E-state index contributed by atoms with van der Waals surface area (Å²) in [6.07, 6.45) is 4.87. The summed E-state index contributed by atoms with van der Waals surface area (Å²) >= 11 is 1.41. The quantitative estimate of drug-likeness (QED) is 0.449. The molecular formula is C13H11N5OS. The number of hydrogen-bond donors (Lipinski definition) is 1. The Morgan fingerprint density at radius 2 is 2.05 bits per heavy atom. The molecule has 6 nitrogen and oxygen atoms in total. The van der Waals surface area contributed by atoms with E-state index in [9.17, 15) is 5.21 Å². The zero-order valence-electron chi connectivity index (χ0n) is 10.4. The van der Waals surface area contributed by atoms with Crippen LogP contribution in [0.2, 0.25) is 0 Å². The van der Waals surface area contributed by atoms with E-state index in [0.717, 1.165) is 16.1 Å². The Labute approximate surface area is 119 Å². The summed E-state index contributed by atoms with van der Waals surface area (Å²) in [5, 5.41) is 19.2. The topological polar surface area (TPSA) is 81.4 Å². The first-order chi connectivity index (χ1) is 9.83. The van der Waals surface area contributed by atoms with E-state index in [-0.39, 0.29) is 0 Å². The van der Waals surface area contributed by atoms with Gasteiger partial charge in [-0.1, -0.05) is 0 Å². The third kappa shape index (κ3) is 2.77. The summed E-state index contributed by atoms with van der Waals surface area (Å²) in [5.41, 5.74) is 0.908. The van der Waals surface area contributed by atoms with Gasteiger partial charge in [0.25, 0.3) is 5.03 Å². The second-order valence-electron chi connectivity index (χ2n) is 3.99. The molecule has 0 aliphatic rings. The average Bonchev–Trinajstić information content (AvgIpc) is 2.96. The van der Waals surface area contributed by atoms with E-state index in [4.69, 9.17) is 0 Å². The molecule has 0 aromatic carbocycles. The van der Waals surface area contributed by atoms with Crippen molar-refractivity contribution in [3.05, 3.63) is 60.0 Å². The van der Waals surface area contributed by atoms with Gasteiger partial charge in [-0.15, -0.1) is 0 Å². The number of aromatic amines is 1. The maximum atomic E-state index is 11.5. The van der Waals surface area contributed by atoms with Crippen molar-refractivity contribution in [1.29, 1.82) is 0 Å². The number of nitrogens with zero attached hydrogens (tertiary/aromatic N) is 4. The van der Waals surface area contributed by atoms with E-state index in [0.29, 0.717) is 16.6 Å².